The van der Waals surface area contributed by atoms with Gasteiger partial charge in [-0.05, 0) is 36.8 Å². The summed E-state index contributed by atoms with van der Waals surface area (Å²) >= 11 is 1.48. The second-order valence-electron chi connectivity index (χ2n) is 7.04. The van der Waals surface area contributed by atoms with E-state index in [1.54, 1.807) is 12.1 Å². The standard InChI is InChI=1S/C20H21N3O3S2/c1-13(14-5-3-2-4-6-14)21-19(24)15-7-9-16(10-8-15)22-20-23-17-11-28(25,26)12-18(17)27-20/h2-10,13,17-18H,11-12H2,1H3,(H,21,24)(H,22,23)/t13-,17+,18+/m0/s1. The van der Waals surface area contributed by atoms with E-state index in [1.165, 1.54) is 11.8 Å². The van der Waals surface area contributed by atoms with Gasteiger partial charge in [-0.3, -0.25) is 9.79 Å². The first-order chi connectivity index (χ1) is 13.4. The van der Waals surface area contributed by atoms with Crippen molar-refractivity contribution in [3.05, 3.63) is 65.7 Å². The molecule has 28 heavy (non-hydrogen) atoms. The molecule has 146 valence electrons. The molecule has 1 saturated heterocycles. The summed E-state index contributed by atoms with van der Waals surface area (Å²) in [6, 6.07) is 16.8. The number of aliphatic imine (C=N–C) groups is 1. The first-order valence-corrected chi connectivity index (χ1v) is 11.8. The van der Waals surface area contributed by atoms with Crippen molar-refractivity contribution in [3.63, 3.8) is 0 Å². The van der Waals surface area contributed by atoms with Gasteiger partial charge in [0.15, 0.2) is 15.0 Å². The van der Waals surface area contributed by atoms with Crippen molar-refractivity contribution in [2.75, 3.05) is 16.8 Å². The molecule has 0 bridgehead atoms. The lowest BCUT2D eigenvalue weighted by Crippen LogP contribution is -2.26. The normalized spacial score (nSPS) is 23.5. The molecule has 0 saturated carbocycles. The van der Waals surface area contributed by atoms with Gasteiger partial charge in [0, 0.05) is 16.5 Å². The molecule has 4 rings (SSSR count). The fourth-order valence-electron chi connectivity index (χ4n) is 3.35. The Balaban J connectivity index is 1.36. The fourth-order valence-corrected chi connectivity index (χ4v) is 7.03. The van der Waals surface area contributed by atoms with Gasteiger partial charge in [-0.1, -0.05) is 42.1 Å². The number of thioether (sulfide) groups is 1. The number of amidine groups is 1. The Morgan fingerprint density at radius 2 is 1.82 bits per heavy atom. The van der Waals surface area contributed by atoms with Gasteiger partial charge in [0.25, 0.3) is 5.91 Å². The predicted molar refractivity (Wildman–Crippen MR) is 114 cm³/mol. The maximum atomic E-state index is 12.5. The van der Waals surface area contributed by atoms with Crippen molar-refractivity contribution in [2.24, 2.45) is 4.99 Å². The lowest BCUT2D eigenvalue weighted by Gasteiger charge is -2.14. The van der Waals surface area contributed by atoms with E-state index in [9.17, 15) is 13.2 Å². The molecular formula is C20H21N3O3S2. The van der Waals surface area contributed by atoms with Crippen molar-refractivity contribution >= 4 is 38.4 Å². The van der Waals surface area contributed by atoms with Crippen LogP contribution in [0.1, 0.15) is 28.9 Å². The van der Waals surface area contributed by atoms with Crippen LogP contribution in [0.2, 0.25) is 0 Å². The summed E-state index contributed by atoms with van der Waals surface area (Å²) < 4.78 is 23.3. The fraction of sp³-hybridized carbons (Fsp3) is 0.300. The number of rotatable bonds is 4. The highest BCUT2D eigenvalue weighted by molar-refractivity contribution is 8.15. The topological polar surface area (TPSA) is 87.6 Å². The van der Waals surface area contributed by atoms with E-state index in [1.807, 2.05) is 49.4 Å². The minimum absolute atomic E-state index is 0.0111. The van der Waals surface area contributed by atoms with E-state index < -0.39 is 9.84 Å². The molecule has 3 atom stereocenters. The van der Waals surface area contributed by atoms with Crippen molar-refractivity contribution in [1.82, 2.24) is 5.32 Å². The number of benzene rings is 2. The molecule has 1 fully saturated rings. The van der Waals surface area contributed by atoms with Crippen LogP contribution in [0.15, 0.2) is 59.6 Å². The molecule has 0 spiro atoms. The quantitative estimate of drug-likeness (QED) is 0.802. The van der Waals surface area contributed by atoms with Crippen molar-refractivity contribution in [2.45, 2.75) is 24.3 Å². The Morgan fingerprint density at radius 3 is 2.50 bits per heavy atom. The van der Waals surface area contributed by atoms with Gasteiger partial charge in [-0.15, -0.1) is 0 Å². The Labute approximate surface area is 168 Å². The van der Waals surface area contributed by atoms with E-state index in [0.717, 1.165) is 16.4 Å². The Morgan fingerprint density at radius 1 is 1.11 bits per heavy atom. The van der Waals surface area contributed by atoms with Gasteiger partial charge in [-0.2, -0.15) is 0 Å². The van der Waals surface area contributed by atoms with Crippen molar-refractivity contribution in [3.8, 4) is 0 Å². The van der Waals surface area contributed by atoms with E-state index in [-0.39, 0.29) is 34.7 Å². The monoisotopic (exact) mass is 415 g/mol. The van der Waals surface area contributed by atoms with Crippen LogP contribution in [0.4, 0.5) is 5.69 Å². The third kappa shape index (κ3) is 4.23. The summed E-state index contributed by atoms with van der Waals surface area (Å²) in [4.78, 5) is 16.9. The maximum Gasteiger partial charge on any atom is 0.251 e. The van der Waals surface area contributed by atoms with Crippen LogP contribution in [0, 0.1) is 0 Å². The molecule has 0 aliphatic carbocycles. The molecule has 2 aliphatic heterocycles. The van der Waals surface area contributed by atoms with Gasteiger partial charge >= 0.3 is 0 Å². The van der Waals surface area contributed by atoms with Gasteiger partial charge in [0.2, 0.25) is 0 Å². The third-order valence-corrected chi connectivity index (χ3v) is 8.01. The van der Waals surface area contributed by atoms with Crippen LogP contribution < -0.4 is 10.6 Å². The number of carbonyl (C=O) groups is 1. The molecule has 0 radical (unpaired) electrons. The number of sulfone groups is 1. The summed E-state index contributed by atoms with van der Waals surface area (Å²) in [7, 11) is -2.95. The van der Waals surface area contributed by atoms with Gasteiger partial charge in [0.1, 0.15) is 0 Å². The highest BCUT2D eigenvalue weighted by Crippen LogP contribution is 2.34. The average Bonchev–Trinajstić information content (AvgIpc) is 3.15. The minimum atomic E-state index is -2.95. The molecular weight excluding hydrogens is 394 g/mol. The van der Waals surface area contributed by atoms with Crippen molar-refractivity contribution < 1.29 is 13.2 Å². The SMILES string of the molecule is C[C@H](NC(=O)c1ccc(NC2=N[C@@H]3CS(=O)(=O)C[C@H]3S2)cc1)c1ccccc1. The van der Waals surface area contributed by atoms with Crippen LogP contribution in [0.5, 0.6) is 0 Å². The molecule has 1 amide bonds. The molecule has 2 heterocycles. The van der Waals surface area contributed by atoms with Crippen molar-refractivity contribution in [1.29, 1.82) is 0 Å². The zero-order valence-electron chi connectivity index (χ0n) is 15.3. The zero-order chi connectivity index (χ0) is 19.7. The highest BCUT2D eigenvalue weighted by atomic mass is 32.2. The zero-order valence-corrected chi connectivity index (χ0v) is 17.0. The number of carbonyl (C=O) groups excluding carboxylic acids is 1. The Hall–Kier alpha value is -2.32. The van der Waals surface area contributed by atoms with E-state index >= 15 is 0 Å². The average molecular weight is 416 g/mol. The summed E-state index contributed by atoms with van der Waals surface area (Å²) in [5, 5.41) is 6.96. The Kier molecular flexibility index (Phi) is 5.16. The predicted octanol–water partition coefficient (Wildman–Crippen LogP) is 2.86. The number of amides is 1. The number of fused-ring (bicyclic) bond motifs is 1. The summed E-state index contributed by atoms with van der Waals surface area (Å²) in [6.07, 6.45) is 0. The van der Waals surface area contributed by atoms with Crippen LogP contribution in [0.25, 0.3) is 0 Å². The van der Waals surface area contributed by atoms with Crippen LogP contribution >= 0.6 is 11.8 Å². The first kappa shape index (κ1) is 19.0. The minimum Gasteiger partial charge on any atom is -0.346 e. The van der Waals surface area contributed by atoms with E-state index in [4.69, 9.17) is 0 Å². The number of hydrogen-bond donors (Lipinski definition) is 2. The summed E-state index contributed by atoms with van der Waals surface area (Å²) in [5.74, 6) is 0.194. The molecule has 8 heteroatoms. The third-order valence-electron chi connectivity index (χ3n) is 4.86. The Bertz CT molecular complexity index is 1000. The second-order valence-corrected chi connectivity index (χ2v) is 10.4. The smallest absolute Gasteiger partial charge is 0.251 e. The largest absolute Gasteiger partial charge is 0.346 e. The number of anilines is 1. The first-order valence-electron chi connectivity index (χ1n) is 9.07. The number of nitrogens with zero attached hydrogens (tertiary/aromatic N) is 1. The second kappa shape index (κ2) is 7.60. The van der Waals surface area contributed by atoms with Gasteiger partial charge in [-0.25, -0.2) is 8.42 Å². The lowest BCUT2D eigenvalue weighted by molar-refractivity contribution is 0.0940. The van der Waals surface area contributed by atoms with Gasteiger partial charge in [0.05, 0.1) is 23.6 Å². The lowest BCUT2D eigenvalue weighted by atomic mass is 10.1. The molecule has 2 aliphatic rings. The highest BCUT2D eigenvalue weighted by Gasteiger charge is 2.42. The molecule has 2 aromatic carbocycles. The number of nitrogens with one attached hydrogen (secondary N) is 2. The maximum absolute atomic E-state index is 12.5. The van der Waals surface area contributed by atoms with Crippen LogP contribution in [0.3, 0.4) is 0 Å². The van der Waals surface area contributed by atoms with E-state index in [0.29, 0.717) is 5.56 Å². The number of hydrogen-bond acceptors (Lipinski definition) is 6. The molecule has 0 unspecified atom stereocenters. The molecule has 2 N–H and O–H groups in total. The van der Waals surface area contributed by atoms with Crippen LogP contribution in [-0.2, 0) is 9.84 Å². The molecule has 6 nitrogen and oxygen atoms in total. The van der Waals surface area contributed by atoms with Crippen LogP contribution in [-0.4, -0.2) is 42.3 Å². The summed E-state index contributed by atoms with van der Waals surface area (Å²) in [6.45, 7) is 1.95. The molecule has 0 aromatic heterocycles. The molecule has 2 aromatic rings. The van der Waals surface area contributed by atoms with E-state index in [2.05, 4.69) is 15.6 Å². The summed E-state index contributed by atoms with van der Waals surface area (Å²) in [5.41, 5.74) is 2.46. The van der Waals surface area contributed by atoms with Gasteiger partial charge < -0.3 is 10.6 Å².